The Balaban J connectivity index is 1.56. The number of carbonyl (C=O) groups excluding carboxylic acids is 1. The molecular weight excluding hydrogens is 582 g/mol. The highest BCUT2D eigenvalue weighted by Crippen LogP contribution is 2.40. The minimum atomic E-state index is -0.573. The maximum atomic E-state index is 14.1. The predicted molar refractivity (Wildman–Crippen MR) is 173 cm³/mol. The highest BCUT2D eigenvalue weighted by molar-refractivity contribution is 7.98. The predicted octanol–water partition coefficient (Wildman–Crippen LogP) is 7.95. The molecule has 3 aromatic carbocycles. The summed E-state index contributed by atoms with van der Waals surface area (Å²) in [5, 5.41) is 12.6. The van der Waals surface area contributed by atoms with Crippen LogP contribution in [0.4, 0.5) is 11.6 Å². The van der Waals surface area contributed by atoms with E-state index in [4.69, 9.17) is 31.2 Å². The zero-order chi connectivity index (χ0) is 30.7. The monoisotopic (exact) mass is 617 g/mol. The van der Waals surface area contributed by atoms with Crippen LogP contribution in [-0.2, 0) is 10.5 Å². The number of nitrogens with one attached hydrogen (secondary N) is 2. The molecule has 0 aliphatic carbocycles. The van der Waals surface area contributed by atoms with Crippen LogP contribution < -0.4 is 20.1 Å². The number of aromatic nitrogens is 3. The van der Waals surface area contributed by atoms with E-state index in [1.165, 1.54) is 11.8 Å². The Hall–Kier alpha value is -3.95. The Labute approximate surface area is 261 Å². The summed E-state index contributed by atoms with van der Waals surface area (Å²) in [6.07, 6.45) is -0.0235. The van der Waals surface area contributed by atoms with E-state index >= 15 is 0 Å². The fourth-order valence-electron chi connectivity index (χ4n) is 4.94. The van der Waals surface area contributed by atoms with E-state index in [1.54, 1.807) is 4.68 Å². The van der Waals surface area contributed by atoms with Gasteiger partial charge in [-0.1, -0.05) is 59.8 Å². The van der Waals surface area contributed by atoms with Crippen LogP contribution in [-0.4, -0.2) is 33.4 Å². The van der Waals surface area contributed by atoms with Crippen molar-refractivity contribution >= 4 is 40.9 Å². The molecule has 10 heteroatoms. The molecule has 0 spiro atoms. The lowest BCUT2D eigenvalue weighted by Crippen LogP contribution is -2.31. The number of benzene rings is 3. The third-order valence-electron chi connectivity index (χ3n) is 7.19. The number of hydrogen-bond acceptors (Lipinski definition) is 7. The van der Waals surface area contributed by atoms with Gasteiger partial charge in [0, 0.05) is 22.2 Å². The maximum Gasteiger partial charge on any atom is 0.255 e. The van der Waals surface area contributed by atoms with Crippen LogP contribution in [0, 0.1) is 13.8 Å². The summed E-state index contributed by atoms with van der Waals surface area (Å²) in [5.41, 5.74) is 5.92. The molecule has 0 saturated heterocycles. The van der Waals surface area contributed by atoms with Crippen molar-refractivity contribution in [2.45, 2.75) is 64.6 Å². The van der Waals surface area contributed by atoms with Gasteiger partial charge in [0.15, 0.2) is 11.5 Å². The second-order valence-corrected chi connectivity index (χ2v) is 12.0. The van der Waals surface area contributed by atoms with E-state index in [0.29, 0.717) is 51.3 Å². The SMILES string of the molecule is CCOc1cc(C2C(C(=O)Nc3cccc(C)c3C)=C(C)Nc3nc(SCc4ccccc4Cl)nn32)ccc1OC(C)C. The highest BCUT2D eigenvalue weighted by atomic mass is 35.5. The molecule has 0 fully saturated rings. The summed E-state index contributed by atoms with van der Waals surface area (Å²) < 4.78 is 13.8. The van der Waals surface area contributed by atoms with Crippen LogP contribution in [0.15, 0.2) is 77.1 Å². The van der Waals surface area contributed by atoms with Gasteiger partial charge in [0.05, 0.1) is 18.3 Å². The van der Waals surface area contributed by atoms with E-state index in [0.717, 1.165) is 27.9 Å². The molecule has 43 heavy (non-hydrogen) atoms. The van der Waals surface area contributed by atoms with Crippen LogP contribution in [0.3, 0.4) is 0 Å². The molecule has 4 aromatic rings. The molecule has 0 radical (unpaired) electrons. The van der Waals surface area contributed by atoms with E-state index in [2.05, 4.69) is 10.6 Å². The number of anilines is 2. The summed E-state index contributed by atoms with van der Waals surface area (Å²) >= 11 is 7.88. The van der Waals surface area contributed by atoms with Crippen LogP contribution in [0.5, 0.6) is 11.5 Å². The molecule has 1 aliphatic rings. The second-order valence-electron chi connectivity index (χ2n) is 10.6. The molecule has 8 nitrogen and oxygen atoms in total. The lowest BCUT2D eigenvalue weighted by Gasteiger charge is -2.29. The number of amides is 1. The molecule has 1 aliphatic heterocycles. The van der Waals surface area contributed by atoms with Crippen molar-refractivity contribution in [2.75, 3.05) is 17.2 Å². The van der Waals surface area contributed by atoms with E-state index in [1.807, 2.05) is 102 Å². The summed E-state index contributed by atoms with van der Waals surface area (Å²) in [5.74, 6) is 2.18. The minimum absolute atomic E-state index is 0.0235. The normalized spacial score (nSPS) is 14.4. The van der Waals surface area contributed by atoms with Gasteiger partial charge in [-0.25, -0.2) is 4.68 Å². The van der Waals surface area contributed by atoms with Gasteiger partial charge >= 0.3 is 0 Å². The van der Waals surface area contributed by atoms with Crippen LogP contribution in [0.25, 0.3) is 0 Å². The largest absolute Gasteiger partial charge is 0.490 e. The van der Waals surface area contributed by atoms with Gasteiger partial charge in [0.25, 0.3) is 5.91 Å². The lowest BCUT2D eigenvalue weighted by molar-refractivity contribution is -0.113. The van der Waals surface area contributed by atoms with Crippen molar-refractivity contribution in [3.8, 4) is 11.5 Å². The van der Waals surface area contributed by atoms with Crippen molar-refractivity contribution in [2.24, 2.45) is 0 Å². The zero-order valence-corrected chi connectivity index (χ0v) is 26.8. The number of fused-ring (bicyclic) bond motifs is 1. The van der Waals surface area contributed by atoms with Gasteiger partial charge in [-0.15, -0.1) is 5.10 Å². The van der Waals surface area contributed by atoms with Gasteiger partial charge in [0.1, 0.15) is 6.04 Å². The number of carbonyl (C=O) groups is 1. The summed E-state index contributed by atoms with van der Waals surface area (Å²) in [6, 6.07) is 18.8. The number of aryl methyl sites for hydroxylation is 1. The highest BCUT2D eigenvalue weighted by Gasteiger charge is 2.35. The van der Waals surface area contributed by atoms with Crippen molar-refractivity contribution in [3.63, 3.8) is 0 Å². The molecule has 0 saturated carbocycles. The van der Waals surface area contributed by atoms with Gasteiger partial charge in [-0.05, 0) is 88.1 Å². The molecule has 2 N–H and O–H groups in total. The van der Waals surface area contributed by atoms with Crippen molar-refractivity contribution in [3.05, 3.63) is 99.2 Å². The zero-order valence-electron chi connectivity index (χ0n) is 25.2. The standard InChI is InChI=1S/C33H36ClN5O3S/c1-7-41-28-17-23(15-16-27(28)42-19(2)3)30-29(31(40)36-26-14-10-11-20(4)21(26)5)22(6)35-32-37-33(38-39(30)32)43-18-24-12-8-9-13-25(24)34/h8-17,19,30H,7,18H2,1-6H3,(H,36,40)(H,35,37,38). The number of nitrogens with zero attached hydrogens (tertiary/aromatic N) is 3. The molecule has 1 atom stereocenters. The Morgan fingerprint density at radius 2 is 1.88 bits per heavy atom. The van der Waals surface area contributed by atoms with Gasteiger partial charge in [-0.2, -0.15) is 4.98 Å². The van der Waals surface area contributed by atoms with Gasteiger partial charge in [0.2, 0.25) is 11.1 Å². The lowest BCUT2D eigenvalue weighted by atomic mass is 9.94. The molecule has 2 heterocycles. The van der Waals surface area contributed by atoms with Crippen LogP contribution >= 0.6 is 23.4 Å². The van der Waals surface area contributed by atoms with Crippen LogP contribution in [0.1, 0.15) is 56.0 Å². The Morgan fingerprint density at radius 3 is 2.63 bits per heavy atom. The first-order valence-corrected chi connectivity index (χ1v) is 15.6. The molecule has 5 rings (SSSR count). The summed E-state index contributed by atoms with van der Waals surface area (Å²) in [4.78, 5) is 18.8. The number of halogens is 1. The smallest absolute Gasteiger partial charge is 0.255 e. The Bertz CT molecular complexity index is 1680. The number of hydrogen-bond donors (Lipinski definition) is 2. The van der Waals surface area contributed by atoms with Gasteiger partial charge in [-0.3, -0.25) is 4.79 Å². The first kappa shape index (κ1) is 30.5. The molecule has 1 unspecified atom stereocenters. The molecule has 1 aromatic heterocycles. The van der Waals surface area contributed by atoms with E-state index in [-0.39, 0.29) is 12.0 Å². The quantitative estimate of drug-likeness (QED) is 0.174. The topological polar surface area (TPSA) is 90.3 Å². The Morgan fingerprint density at radius 1 is 1.09 bits per heavy atom. The maximum absolute atomic E-state index is 14.1. The second kappa shape index (κ2) is 13.1. The average molecular weight is 618 g/mol. The van der Waals surface area contributed by atoms with Gasteiger partial charge < -0.3 is 20.1 Å². The average Bonchev–Trinajstić information content (AvgIpc) is 3.37. The fraction of sp³-hybridized carbons (Fsp3) is 0.303. The van der Waals surface area contributed by atoms with Crippen molar-refractivity contribution in [1.29, 1.82) is 0 Å². The van der Waals surface area contributed by atoms with Crippen molar-refractivity contribution in [1.82, 2.24) is 14.8 Å². The third kappa shape index (κ3) is 6.68. The van der Waals surface area contributed by atoms with Crippen LogP contribution in [0.2, 0.25) is 5.02 Å². The van der Waals surface area contributed by atoms with E-state index in [9.17, 15) is 4.79 Å². The first-order valence-electron chi connectivity index (χ1n) is 14.3. The number of thioether (sulfide) groups is 1. The molecular formula is C33H36ClN5O3S. The third-order valence-corrected chi connectivity index (χ3v) is 8.45. The molecule has 0 bridgehead atoms. The fourth-order valence-corrected chi connectivity index (χ4v) is 6.06. The number of allylic oxidation sites excluding steroid dienone is 1. The van der Waals surface area contributed by atoms with Crippen molar-refractivity contribution < 1.29 is 14.3 Å². The minimum Gasteiger partial charge on any atom is -0.490 e. The summed E-state index contributed by atoms with van der Waals surface area (Å²) in [6.45, 7) is 12.3. The Kier molecular flexibility index (Phi) is 9.32. The van der Waals surface area contributed by atoms with E-state index < -0.39 is 6.04 Å². The number of rotatable bonds is 10. The molecule has 224 valence electrons. The summed E-state index contributed by atoms with van der Waals surface area (Å²) in [7, 11) is 0. The molecule has 1 amide bonds. The first-order chi connectivity index (χ1) is 20.7. The number of ether oxygens (including phenoxy) is 2.